The summed E-state index contributed by atoms with van der Waals surface area (Å²) >= 11 is 0. The summed E-state index contributed by atoms with van der Waals surface area (Å²) < 4.78 is 40.6. The number of halogens is 3. The summed E-state index contributed by atoms with van der Waals surface area (Å²) in [6.45, 7) is 0.670. The van der Waals surface area contributed by atoms with Crippen LogP contribution in [0.5, 0.6) is 0 Å². The predicted molar refractivity (Wildman–Crippen MR) is 94.1 cm³/mol. The van der Waals surface area contributed by atoms with Gasteiger partial charge in [-0.2, -0.15) is 18.3 Å². The minimum absolute atomic E-state index is 0.0153. The maximum atomic E-state index is 12.9. The highest BCUT2D eigenvalue weighted by atomic mass is 19.4. The summed E-state index contributed by atoms with van der Waals surface area (Å²) in [5, 5.41) is 7.55. The van der Waals surface area contributed by atoms with E-state index in [2.05, 4.69) is 20.4 Å². The lowest BCUT2D eigenvalue weighted by molar-refractivity contribution is -0.141. The first-order valence-electron chi connectivity index (χ1n) is 8.76. The number of rotatable bonds is 4. The van der Waals surface area contributed by atoms with Gasteiger partial charge < -0.3 is 5.32 Å². The van der Waals surface area contributed by atoms with Crippen LogP contribution >= 0.6 is 0 Å². The Labute approximate surface area is 154 Å². The van der Waals surface area contributed by atoms with E-state index in [1.807, 2.05) is 35.0 Å². The van der Waals surface area contributed by atoms with Gasteiger partial charge in [-0.1, -0.05) is 30.3 Å². The Bertz CT molecular complexity index is 921. The van der Waals surface area contributed by atoms with Gasteiger partial charge in [0.2, 0.25) is 5.95 Å². The summed E-state index contributed by atoms with van der Waals surface area (Å²) in [5.41, 5.74) is 2.31. The van der Waals surface area contributed by atoms with Crippen LogP contribution in [0.25, 0.3) is 0 Å². The van der Waals surface area contributed by atoms with E-state index in [-0.39, 0.29) is 12.0 Å². The number of alkyl halides is 3. The molecule has 0 bridgehead atoms. The zero-order valence-corrected chi connectivity index (χ0v) is 14.4. The van der Waals surface area contributed by atoms with Crippen LogP contribution in [-0.2, 0) is 19.1 Å². The molecule has 4 rings (SSSR count). The number of nitrogens with zero attached hydrogens (tertiary/aromatic N) is 4. The lowest BCUT2D eigenvalue weighted by Crippen LogP contribution is -2.20. The minimum atomic E-state index is -4.49. The molecule has 0 spiro atoms. The fraction of sp³-hybridized carbons (Fsp3) is 0.316. The molecule has 1 aliphatic carbocycles. The van der Waals surface area contributed by atoms with Crippen molar-refractivity contribution in [1.29, 1.82) is 0 Å². The summed E-state index contributed by atoms with van der Waals surface area (Å²) in [6, 6.07) is 10.8. The average Bonchev–Trinajstić information content (AvgIpc) is 3.06. The maximum absolute atomic E-state index is 12.9. The largest absolute Gasteiger partial charge is 0.433 e. The zero-order valence-electron chi connectivity index (χ0n) is 14.4. The highest BCUT2D eigenvalue weighted by Crippen LogP contribution is 2.33. The molecule has 27 heavy (non-hydrogen) atoms. The fourth-order valence-corrected chi connectivity index (χ4v) is 3.40. The van der Waals surface area contributed by atoms with E-state index in [0.29, 0.717) is 6.54 Å². The van der Waals surface area contributed by atoms with Gasteiger partial charge >= 0.3 is 6.18 Å². The molecule has 0 unspecified atom stereocenters. The molecule has 0 saturated heterocycles. The topological polar surface area (TPSA) is 55.6 Å². The summed E-state index contributed by atoms with van der Waals surface area (Å²) in [4.78, 5) is 7.56. The molecule has 3 aromatic rings. The number of aromatic nitrogens is 4. The van der Waals surface area contributed by atoms with Gasteiger partial charge in [0.05, 0.1) is 18.8 Å². The van der Waals surface area contributed by atoms with Gasteiger partial charge in [-0.3, -0.25) is 4.68 Å². The molecule has 1 aliphatic rings. The van der Waals surface area contributed by atoms with Crippen molar-refractivity contribution in [3.63, 3.8) is 0 Å². The second-order valence-corrected chi connectivity index (χ2v) is 6.54. The third kappa shape index (κ3) is 3.79. The monoisotopic (exact) mass is 373 g/mol. The Morgan fingerprint density at radius 3 is 2.74 bits per heavy atom. The molecule has 140 valence electrons. The van der Waals surface area contributed by atoms with Crippen LogP contribution in [0.3, 0.4) is 0 Å². The minimum Gasteiger partial charge on any atom is -0.347 e. The molecule has 1 aromatic carbocycles. The SMILES string of the molecule is FC(F)(F)c1ccnc(N[C@H]2CCCc3c2cnn3Cc2ccccc2)n1. The highest BCUT2D eigenvalue weighted by Gasteiger charge is 2.33. The molecule has 0 saturated carbocycles. The summed E-state index contributed by atoms with van der Waals surface area (Å²) in [5.74, 6) is -0.0153. The van der Waals surface area contributed by atoms with Crippen molar-refractivity contribution in [2.45, 2.75) is 38.0 Å². The van der Waals surface area contributed by atoms with Crippen LogP contribution in [0, 0.1) is 0 Å². The van der Waals surface area contributed by atoms with E-state index in [1.165, 1.54) is 0 Å². The van der Waals surface area contributed by atoms with E-state index < -0.39 is 11.9 Å². The van der Waals surface area contributed by atoms with E-state index >= 15 is 0 Å². The Morgan fingerprint density at radius 1 is 1.15 bits per heavy atom. The van der Waals surface area contributed by atoms with Crippen molar-refractivity contribution in [2.75, 3.05) is 5.32 Å². The van der Waals surface area contributed by atoms with Gasteiger partial charge in [0.1, 0.15) is 5.69 Å². The first-order chi connectivity index (χ1) is 13.0. The quantitative estimate of drug-likeness (QED) is 0.744. The molecule has 5 nitrogen and oxygen atoms in total. The standard InChI is InChI=1S/C19H18F3N5/c20-19(21,22)17-9-10-23-18(26-17)25-15-7-4-8-16-14(15)11-24-27(16)12-13-5-2-1-3-6-13/h1-3,5-6,9-11,15H,4,7-8,12H2,(H,23,25,26)/t15-/m0/s1. The van der Waals surface area contributed by atoms with Gasteiger partial charge in [0.15, 0.2) is 0 Å². The molecule has 1 atom stereocenters. The van der Waals surface area contributed by atoms with Gasteiger partial charge in [0.25, 0.3) is 0 Å². The molecule has 2 aromatic heterocycles. The van der Waals surface area contributed by atoms with E-state index in [4.69, 9.17) is 0 Å². The van der Waals surface area contributed by atoms with Crippen molar-refractivity contribution in [3.05, 3.63) is 71.3 Å². The normalized spacial score (nSPS) is 16.8. The van der Waals surface area contributed by atoms with Crippen LogP contribution in [0.2, 0.25) is 0 Å². The third-order valence-corrected chi connectivity index (χ3v) is 4.69. The Kier molecular flexibility index (Phi) is 4.55. The molecule has 0 amide bonds. The molecule has 0 fully saturated rings. The second kappa shape index (κ2) is 7.02. The Morgan fingerprint density at radius 2 is 1.96 bits per heavy atom. The third-order valence-electron chi connectivity index (χ3n) is 4.69. The first-order valence-corrected chi connectivity index (χ1v) is 8.76. The molecule has 2 heterocycles. The van der Waals surface area contributed by atoms with E-state index in [0.717, 1.165) is 48.3 Å². The molecule has 1 N–H and O–H groups in total. The number of benzene rings is 1. The zero-order chi connectivity index (χ0) is 18.9. The first kappa shape index (κ1) is 17.5. The number of fused-ring (bicyclic) bond motifs is 1. The van der Waals surface area contributed by atoms with Crippen LogP contribution < -0.4 is 5.32 Å². The van der Waals surface area contributed by atoms with Crippen molar-refractivity contribution in [2.24, 2.45) is 0 Å². The average molecular weight is 373 g/mol. The van der Waals surface area contributed by atoms with Gasteiger partial charge in [-0.25, -0.2) is 9.97 Å². The number of hydrogen-bond acceptors (Lipinski definition) is 4. The van der Waals surface area contributed by atoms with Gasteiger partial charge in [-0.05, 0) is 30.9 Å². The van der Waals surface area contributed by atoms with Crippen LogP contribution in [0.15, 0.2) is 48.8 Å². The maximum Gasteiger partial charge on any atom is 0.433 e. The van der Waals surface area contributed by atoms with Crippen molar-refractivity contribution in [3.8, 4) is 0 Å². The van der Waals surface area contributed by atoms with Gasteiger partial charge in [-0.15, -0.1) is 0 Å². The number of anilines is 1. The molecule has 8 heteroatoms. The second-order valence-electron chi connectivity index (χ2n) is 6.54. The van der Waals surface area contributed by atoms with Crippen molar-refractivity contribution in [1.82, 2.24) is 19.7 Å². The molecule has 0 radical (unpaired) electrons. The number of hydrogen-bond donors (Lipinski definition) is 1. The summed E-state index contributed by atoms with van der Waals surface area (Å²) in [7, 11) is 0. The smallest absolute Gasteiger partial charge is 0.347 e. The molecular formula is C19H18F3N5. The molecule has 0 aliphatic heterocycles. The van der Waals surface area contributed by atoms with E-state index in [9.17, 15) is 13.2 Å². The Balaban J connectivity index is 1.56. The van der Waals surface area contributed by atoms with Crippen LogP contribution in [-0.4, -0.2) is 19.7 Å². The lowest BCUT2D eigenvalue weighted by atomic mass is 9.93. The summed E-state index contributed by atoms with van der Waals surface area (Å²) in [6.07, 6.45) is 1.04. The lowest BCUT2D eigenvalue weighted by Gasteiger charge is -2.24. The molecular weight excluding hydrogens is 355 g/mol. The highest BCUT2D eigenvalue weighted by molar-refractivity contribution is 5.36. The van der Waals surface area contributed by atoms with Gasteiger partial charge in [0, 0.05) is 17.5 Å². The number of nitrogens with one attached hydrogen (secondary N) is 1. The van der Waals surface area contributed by atoms with Crippen molar-refractivity contribution >= 4 is 5.95 Å². The fourth-order valence-electron chi connectivity index (χ4n) is 3.40. The Hall–Kier alpha value is -2.90. The van der Waals surface area contributed by atoms with Crippen LogP contribution in [0.1, 0.15) is 41.4 Å². The van der Waals surface area contributed by atoms with E-state index in [1.54, 1.807) is 6.20 Å². The predicted octanol–water partition coefficient (Wildman–Crippen LogP) is 4.23. The van der Waals surface area contributed by atoms with Crippen LogP contribution in [0.4, 0.5) is 19.1 Å². The van der Waals surface area contributed by atoms with Crippen molar-refractivity contribution < 1.29 is 13.2 Å².